The first-order chi connectivity index (χ1) is 11.1. The van der Waals surface area contributed by atoms with Gasteiger partial charge in [-0.25, -0.2) is 0 Å². The number of hydrogen-bond acceptors (Lipinski definition) is 4. The SMILES string of the molecule is CCn1cnnc1CN(C)C(=O)c1cc2c(cc1OC)CCC2. The van der Waals surface area contributed by atoms with Gasteiger partial charge in [-0.05, 0) is 49.4 Å². The molecule has 1 aromatic heterocycles. The molecule has 0 bridgehead atoms. The van der Waals surface area contributed by atoms with Gasteiger partial charge in [0.2, 0.25) is 0 Å². The molecule has 0 fully saturated rings. The van der Waals surface area contributed by atoms with Crippen molar-refractivity contribution in [3.05, 3.63) is 41.0 Å². The summed E-state index contributed by atoms with van der Waals surface area (Å²) in [4.78, 5) is 14.5. The summed E-state index contributed by atoms with van der Waals surface area (Å²) in [5.41, 5.74) is 3.18. The quantitative estimate of drug-likeness (QED) is 0.847. The highest BCUT2D eigenvalue weighted by Crippen LogP contribution is 2.30. The molecule has 2 aromatic rings. The number of methoxy groups -OCH3 is 1. The Labute approximate surface area is 136 Å². The van der Waals surface area contributed by atoms with Crippen LogP contribution in [-0.2, 0) is 25.9 Å². The number of benzene rings is 1. The average molecular weight is 314 g/mol. The van der Waals surface area contributed by atoms with E-state index in [1.54, 1.807) is 25.4 Å². The minimum absolute atomic E-state index is 0.0535. The van der Waals surface area contributed by atoms with Crippen molar-refractivity contribution in [1.29, 1.82) is 0 Å². The molecule has 0 spiro atoms. The van der Waals surface area contributed by atoms with E-state index < -0.39 is 0 Å². The zero-order valence-electron chi connectivity index (χ0n) is 13.9. The topological polar surface area (TPSA) is 60.2 Å². The summed E-state index contributed by atoms with van der Waals surface area (Å²) < 4.78 is 7.38. The molecule has 6 heteroatoms. The van der Waals surface area contributed by atoms with E-state index in [4.69, 9.17) is 4.74 Å². The summed E-state index contributed by atoms with van der Waals surface area (Å²) in [7, 11) is 3.39. The van der Waals surface area contributed by atoms with Crippen LogP contribution in [0.15, 0.2) is 18.5 Å². The van der Waals surface area contributed by atoms with Crippen molar-refractivity contribution in [2.75, 3.05) is 14.2 Å². The van der Waals surface area contributed by atoms with Crippen LogP contribution >= 0.6 is 0 Å². The van der Waals surface area contributed by atoms with E-state index in [2.05, 4.69) is 10.2 Å². The molecule has 1 amide bonds. The summed E-state index contributed by atoms with van der Waals surface area (Å²) in [5.74, 6) is 1.38. The van der Waals surface area contributed by atoms with E-state index in [-0.39, 0.29) is 5.91 Å². The predicted octanol–water partition coefficient (Wildman–Crippen LogP) is 2.07. The number of rotatable bonds is 5. The molecule has 1 heterocycles. The Hall–Kier alpha value is -2.37. The number of fused-ring (bicyclic) bond motifs is 1. The van der Waals surface area contributed by atoms with E-state index in [0.29, 0.717) is 17.9 Å². The van der Waals surface area contributed by atoms with Crippen LogP contribution in [-0.4, -0.2) is 39.7 Å². The smallest absolute Gasteiger partial charge is 0.257 e. The molecule has 0 saturated carbocycles. The van der Waals surface area contributed by atoms with Gasteiger partial charge in [-0.1, -0.05) is 0 Å². The monoisotopic (exact) mass is 314 g/mol. The molecule has 23 heavy (non-hydrogen) atoms. The first kappa shape index (κ1) is 15.5. The van der Waals surface area contributed by atoms with Crippen LogP contribution in [0.5, 0.6) is 5.75 Å². The van der Waals surface area contributed by atoms with Crippen LogP contribution in [0.4, 0.5) is 0 Å². The van der Waals surface area contributed by atoms with E-state index in [9.17, 15) is 4.79 Å². The van der Waals surface area contributed by atoms with Crippen molar-refractivity contribution in [2.24, 2.45) is 0 Å². The lowest BCUT2D eigenvalue weighted by molar-refractivity contribution is 0.0776. The fraction of sp³-hybridized carbons (Fsp3) is 0.471. The Morgan fingerprint density at radius 2 is 2.09 bits per heavy atom. The summed E-state index contributed by atoms with van der Waals surface area (Å²) in [6, 6.07) is 4.00. The van der Waals surface area contributed by atoms with Gasteiger partial charge in [0, 0.05) is 13.6 Å². The van der Waals surface area contributed by atoms with Gasteiger partial charge < -0.3 is 14.2 Å². The Kier molecular flexibility index (Phi) is 4.32. The van der Waals surface area contributed by atoms with Crippen LogP contribution in [0.2, 0.25) is 0 Å². The lowest BCUT2D eigenvalue weighted by atomic mass is 10.0. The maximum atomic E-state index is 12.8. The fourth-order valence-corrected chi connectivity index (χ4v) is 3.09. The summed E-state index contributed by atoms with van der Waals surface area (Å²) >= 11 is 0. The summed E-state index contributed by atoms with van der Waals surface area (Å²) in [5, 5.41) is 8.00. The van der Waals surface area contributed by atoms with Crippen LogP contribution in [0.25, 0.3) is 0 Å². The molecule has 3 rings (SSSR count). The van der Waals surface area contributed by atoms with Crippen molar-refractivity contribution in [1.82, 2.24) is 19.7 Å². The van der Waals surface area contributed by atoms with Gasteiger partial charge >= 0.3 is 0 Å². The third kappa shape index (κ3) is 2.93. The van der Waals surface area contributed by atoms with Crippen molar-refractivity contribution in [3.8, 4) is 5.75 Å². The van der Waals surface area contributed by atoms with E-state index in [0.717, 1.165) is 31.6 Å². The number of nitrogens with zero attached hydrogens (tertiary/aromatic N) is 4. The number of aromatic nitrogens is 3. The molecule has 6 nitrogen and oxygen atoms in total. The molecular weight excluding hydrogens is 292 g/mol. The van der Waals surface area contributed by atoms with Crippen molar-refractivity contribution in [2.45, 2.75) is 39.3 Å². The largest absolute Gasteiger partial charge is 0.496 e. The first-order valence-corrected chi connectivity index (χ1v) is 7.96. The average Bonchev–Trinajstić information content (AvgIpc) is 3.20. The highest BCUT2D eigenvalue weighted by Gasteiger charge is 2.22. The maximum absolute atomic E-state index is 12.8. The highest BCUT2D eigenvalue weighted by atomic mass is 16.5. The van der Waals surface area contributed by atoms with Gasteiger partial charge in [0.05, 0.1) is 19.2 Å². The highest BCUT2D eigenvalue weighted by molar-refractivity contribution is 5.97. The van der Waals surface area contributed by atoms with Gasteiger partial charge in [-0.2, -0.15) is 0 Å². The molecule has 0 saturated heterocycles. The molecule has 122 valence electrons. The van der Waals surface area contributed by atoms with E-state index in [1.165, 1.54) is 11.1 Å². The number of carbonyl (C=O) groups is 1. The Morgan fingerprint density at radius 3 is 2.78 bits per heavy atom. The Bertz CT molecular complexity index is 723. The van der Waals surface area contributed by atoms with Crippen molar-refractivity contribution >= 4 is 5.91 Å². The van der Waals surface area contributed by atoms with Crippen molar-refractivity contribution < 1.29 is 9.53 Å². The Morgan fingerprint density at radius 1 is 1.35 bits per heavy atom. The molecule has 1 aliphatic carbocycles. The second-order valence-electron chi connectivity index (χ2n) is 5.87. The van der Waals surface area contributed by atoms with Gasteiger partial charge in [0.15, 0.2) is 5.82 Å². The molecular formula is C17H22N4O2. The first-order valence-electron chi connectivity index (χ1n) is 7.96. The lowest BCUT2D eigenvalue weighted by Crippen LogP contribution is -2.28. The number of amides is 1. The zero-order chi connectivity index (χ0) is 16.4. The second kappa shape index (κ2) is 6.40. The van der Waals surface area contributed by atoms with Crippen molar-refractivity contribution in [3.63, 3.8) is 0 Å². The minimum atomic E-state index is -0.0535. The number of carbonyl (C=O) groups excluding carboxylic acids is 1. The number of hydrogen-bond donors (Lipinski definition) is 0. The summed E-state index contributed by atoms with van der Waals surface area (Å²) in [6.07, 6.45) is 4.93. The zero-order valence-corrected chi connectivity index (χ0v) is 13.9. The third-order valence-electron chi connectivity index (χ3n) is 4.41. The standard InChI is InChI=1S/C17H22N4O2/c1-4-21-11-18-19-16(21)10-20(2)17(22)14-8-12-6-5-7-13(12)9-15(14)23-3/h8-9,11H,4-7,10H2,1-3H3. The normalized spacial score (nSPS) is 13.0. The summed E-state index contributed by atoms with van der Waals surface area (Å²) in [6.45, 7) is 3.23. The lowest BCUT2D eigenvalue weighted by Gasteiger charge is -2.19. The molecule has 0 aliphatic heterocycles. The predicted molar refractivity (Wildman–Crippen MR) is 86.5 cm³/mol. The van der Waals surface area contributed by atoms with Crippen LogP contribution in [0.1, 0.15) is 40.7 Å². The van der Waals surface area contributed by atoms with Crippen LogP contribution < -0.4 is 4.74 Å². The minimum Gasteiger partial charge on any atom is -0.496 e. The van der Waals surface area contributed by atoms with Gasteiger partial charge in [-0.15, -0.1) is 10.2 Å². The van der Waals surface area contributed by atoms with Gasteiger partial charge in [0.1, 0.15) is 12.1 Å². The van der Waals surface area contributed by atoms with E-state index in [1.807, 2.05) is 23.6 Å². The van der Waals surface area contributed by atoms with Gasteiger partial charge in [0.25, 0.3) is 5.91 Å². The molecule has 0 N–H and O–H groups in total. The Balaban J connectivity index is 1.85. The second-order valence-corrected chi connectivity index (χ2v) is 5.87. The third-order valence-corrected chi connectivity index (χ3v) is 4.41. The van der Waals surface area contributed by atoms with Crippen LogP contribution in [0.3, 0.4) is 0 Å². The van der Waals surface area contributed by atoms with E-state index >= 15 is 0 Å². The molecule has 0 unspecified atom stereocenters. The maximum Gasteiger partial charge on any atom is 0.257 e. The molecule has 1 aliphatic rings. The van der Waals surface area contributed by atoms with Crippen LogP contribution in [0, 0.1) is 0 Å². The molecule has 0 radical (unpaired) electrons. The number of ether oxygens (including phenoxy) is 1. The number of aryl methyl sites for hydroxylation is 3. The molecule has 1 aromatic carbocycles. The molecule has 0 atom stereocenters. The van der Waals surface area contributed by atoms with Gasteiger partial charge in [-0.3, -0.25) is 4.79 Å². The fourth-order valence-electron chi connectivity index (χ4n) is 3.09.